The molecule has 1 N–H and O–H groups in total. The minimum absolute atomic E-state index is 0.286. The van der Waals surface area contributed by atoms with Crippen LogP contribution in [0.2, 0.25) is 10.0 Å². The third-order valence-corrected chi connectivity index (χ3v) is 7.02. The third-order valence-electron chi connectivity index (χ3n) is 6.51. The molecule has 0 bridgehead atoms. The summed E-state index contributed by atoms with van der Waals surface area (Å²) in [5.41, 5.74) is 5.05. The van der Waals surface area contributed by atoms with Gasteiger partial charge in [-0.2, -0.15) is 10.4 Å². The number of hydrogen-bond donors (Lipinski definition) is 1. The highest BCUT2D eigenvalue weighted by Gasteiger charge is 2.21. The van der Waals surface area contributed by atoms with Crippen molar-refractivity contribution in [3.05, 3.63) is 99.8 Å². The van der Waals surface area contributed by atoms with E-state index >= 15 is 0 Å². The number of nitriles is 1. The Morgan fingerprint density at radius 1 is 0.892 bits per heavy atom. The fraction of sp³-hybridized carbons (Fsp3) is 0.179. The van der Waals surface area contributed by atoms with Gasteiger partial charge in [-0.05, 0) is 73.7 Å². The van der Waals surface area contributed by atoms with E-state index in [1.54, 1.807) is 29.1 Å². The van der Waals surface area contributed by atoms with E-state index < -0.39 is 0 Å². The Labute approximate surface area is 225 Å². The molecule has 5 rings (SSSR count). The van der Waals surface area contributed by atoms with E-state index in [9.17, 15) is 10.1 Å². The molecular weight excluding hydrogens is 507 g/mol. The third kappa shape index (κ3) is 5.26. The molecule has 1 fully saturated rings. The summed E-state index contributed by atoms with van der Waals surface area (Å²) in [5, 5.41) is 18.5. The van der Waals surface area contributed by atoms with Crippen LogP contribution in [0.3, 0.4) is 0 Å². The fourth-order valence-electron chi connectivity index (χ4n) is 4.51. The lowest BCUT2D eigenvalue weighted by atomic mass is 10.1. The zero-order valence-electron chi connectivity index (χ0n) is 20.2. The monoisotopic (exact) mass is 530 g/mol. The molecule has 1 aliphatic heterocycles. The molecule has 0 aliphatic carbocycles. The number of piperazine rings is 1. The first kappa shape index (κ1) is 24.7. The van der Waals surface area contributed by atoms with Crippen LogP contribution in [0.4, 0.5) is 17.1 Å². The zero-order chi connectivity index (χ0) is 25.9. The second-order valence-corrected chi connectivity index (χ2v) is 9.65. The maximum absolute atomic E-state index is 13.0. The summed E-state index contributed by atoms with van der Waals surface area (Å²) in [6.45, 7) is 5.08. The highest BCUT2D eigenvalue weighted by molar-refractivity contribution is 6.30. The molecule has 4 aromatic rings. The Morgan fingerprint density at radius 3 is 2.11 bits per heavy atom. The largest absolute Gasteiger partial charge is 0.368 e. The minimum atomic E-state index is -0.286. The van der Waals surface area contributed by atoms with Crippen molar-refractivity contribution < 1.29 is 4.79 Å². The molecule has 9 heteroatoms. The SMILES string of the molecule is Cc1c(C(=O)Nc2ccc(N3CCN(c4ccc(Cl)cc4)CC3)c(C#N)c2)cnn1-c1ccc(Cl)cc1. The van der Waals surface area contributed by atoms with Crippen molar-refractivity contribution >= 4 is 46.2 Å². The normalized spacial score (nSPS) is 13.4. The van der Waals surface area contributed by atoms with Crippen molar-refractivity contribution in [2.45, 2.75) is 6.92 Å². The predicted molar refractivity (Wildman–Crippen MR) is 148 cm³/mol. The number of nitrogens with one attached hydrogen (secondary N) is 1. The summed E-state index contributed by atoms with van der Waals surface area (Å²) in [6, 6.07) is 22.8. The highest BCUT2D eigenvalue weighted by atomic mass is 35.5. The van der Waals surface area contributed by atoms with Gasteiger partial charge in [0.2, 0.25) is 0 Å². The number of amides is 1. The summed E-state index contributed by atoms with van der Waals surface area (Å²) in [7, 11) is 0. The van der Waals surface area contributed by atoms with Crippen LogP contribution in [0, 0.1) is 18.3 Å². The van der Waals surface area contributed by atoms with E-state index in [4.69, 9.17) is 23.2 Å². The summed E-state index contributed by atoms with van der Waals surface area (Å²) >= 11 is 12.0. The molecule has 1 aromatic heterocycles. The standard InChI is InChI=1S/C28H24Cl2N6O/c1-19-26(18-32-36(19)25-9-4-22(30)5-10-25)28(37)33-23-6-11-27(20(16-23)17-31)35-14-12-34(13-15-35)24-7-2-21(29)3-8-24/h2-11,16,18H,12-15H2,1H3,(H,33,37). The van der Waals surface area contributed by atoms with Crippen LogP contribution in [0.15, 0.2) is 72.9 Å². The Morgan fingerprint density at radius 2 is 1.49 bits per heavy atom. The molecule has 0 unspecified atom stereocenters. The Balaban J connectivity index is 1.27. The molecular formula is C28H24Cl2N6O. The predicted octanol–water partition coefficient (Wildman–Crippen LogP) is 5.94. The Kier molecular flexibility index (Phi) is 7.04. The Bertz CT molecular complexity index is 1470. The lowest BCUT2D eigenvalue weighted by molar-refractivity contribution is 0.102. The maximum Gasteiger partial charge on any atom is 0.259 e. The van der Waals surface area contributed by atoms with Gasteiger partial charge in [0, 0.05) is 47.6 Å². The molecule has 3 aromatic carbocycles. The topological polar surface area (TPSA) is 77.2 Å². The van der Waals surface area contributed by atoms with E-state index in [1.807, 2.05) is 55.5 Å². The first-order chi connectivity index (χ1) is 17.9. The van der Waals surface area contributed by atoms with Crippen LogP contribution in [-0.4, -0.2) is 41.9 Å². The summed E-state index contributed by atoms with van der Waals surface area (Å²) in [6.07, 6.45) is 1.54. The molecule has 0 spiro atoms. The summed E-state index contributed by atoms with van der Waals surface area (Å²) in [4.78, 5) is 17.5. The second kappa shape index (κ2) is 10.6. The molecule has 0 saturated carbocycles. The number of carbonyl (C=O) groups excluding carboxylic acids is 1. The van der Waals surface area contributed by atoms with Crippen molar-refractivity contribution in [3.63, 3.8) is 0 Å². The number of hydrogen-bond acceptors (Lipinski definition) is 5. The van der Waals surface area contributed by atoms with E-state index in [0.29, 0.717) is 27.5 Å². The lowest BCUT2D eigenvalue weighted by Gasteiger charge is -2.37. The number of halogens is 2. The molecule has 1 saturated heterocycles. The fourth-order valence-corrected chi connectivity index (χ4v) is 4.76. The molecule has 2 heterocycles. The molecule has 37 heavy (non-hydrogen) atoms. The van der Waals surface area contributed by atoms with Crippen LogP contribution in [0.1, 0.15) is 21.6 Å². The van der Waals surface area contributed by atoms with Crippen LogP contribution < -0.4 is 15.1 Å². The van der Waals surface area contributed by atoms with Crippen molar-refractivity contribution in [2.24, 2.45) is 0 Å². The number of benzene rings is 3. The number of carbonyl (C=O) groups is 1. The van der Waals surface area contributed by atoms with Gasteiger partial charge >= 0.3 is 0 Å². The number of nitrogens with zero attached hydrogens (tertiary/aromatic N) is 5. The van der Waals surface area contributed by atoms with E-state index in [2.05, 4.69) is 26.3 Å². The molecule has 7 nitrogen and oxygen atoms in total. The maximum atomic E-state index is 13.0. The van der Waals surface area contributed by atoms with Crippen LogP contribution in [-0.2, 0) is 0 Å². The van der Waals surface area contributed by atoms with Gasteiger partial charge in [-0.3, -0.25) is 4.79 Å². The molecule has 186 valence electrons. The zero-order valence-corrected chi connectivity index (χ0v) is 21.7. The summed E-state index contributed by atoms with van der Waals surface area (Å²) in [5.74, 6) is -0.286. The molecule has 1 amide bonds. The van der Waals surface area contributed by atoms with Gasteiger partial charge < -0.3 is 15.1 Å². The number of anilines is 3. The number of rotatable bonds is 5. The number of aromatic nitrogens is 2. The minimum Gasteiger partial charge on any atom is -0.368 e. The van der Waals surface area contributed by atoms with Gasteiger partial charge in [0.05, 0.1) is 34.4 Å². The van der Waals surface area contributed by atoms with Gasteiger partial charge in [0.15, 0.2) is 0 Å². The first-order valence-electron chi connectivity index (χ1n) is 11.8. The molecule has 0 radical (unpaired) electrons. The van der Waals surface area contributed by atoms with Crippen molar-refractivity contribution in [3.8, 4) is 11.8 Å². The lowest BCUT2D eigenvalue weighted by Crippen LogP contribution is -2.46. The molecule has 0 atom stereocenters. The van der Waals surface area contributed by atoms with Gasteiger partial charge in [0.25, 0.3) is 5.91 Å². The van der Waals surface area contributed by atoms with Crippen LogP contribution in [0.5, 0.6) is 0 Å². The van der Waals surface area contributed by atoms with E-state index in [1.165, 1.54) is 0 Å². The second-order valence-electron chi connectivity index (χ2n) is 8.78. The van der Waals surface area contributed by atoms with Crippen LogP contribution in [0.25, 0.3) is 5.69 Å². The van der Waals surface area contributed by atoms with E-state index in [0.717, 1.165) is 48.3 Å². The van der Waals surface area contributed by atoms with Crippen molar-refractivity contribution in [1.82, 2.24) is 9.78 Å². The van der Waals surface area contributed by atoms with Crippen molar-refractivity contribution in [2.75, 3.05) is 41.3 Å². The van der Waals surface area contributed by atoms with Gasteiger partial charge in [-0.15, -0.1) is 0 Å². The average molecular weight is 531 g/mol. The van der Waals surface area contributed by atoms with Crippen molar-refractivity contribution in [1.29, 1.82) is 5.26 Å². The highest BCUT2D eigenvalue weighted by Crippen LogP contribution is 2.27. The van der Waals surface area contributed by atoms with Gasteiger partial charge in [-0.1, -0.05) is 23.2 Å². The van der Waals surface area contributed by atoms with Gasteiger partial charge in [0.1, 0.15) is 6.07 Å². The van der Waals surface area contributed by atoms with Crippen LogP contribution >= 0.6 is 23.2 Å². The molecule has 1 aliphatic rings. The van der Waals surface area contributed by atoms with E-state index in [-0.39, 0.29) is 5.91 Å². The Hall–Kier alpha value is -3.99. The van der Waals surface area contributed by atoms with Gasteiger partial charge in [-0.25, -0.2) is 4.68 Å². The summed E-state index contributed by atoms with van der Waals surface area (Å²) < 4.78 is 1.69. The first-order valence-corrected chi connectivity index (χ1v) is 12.6. The quantitative estimate of drug-likeness (QED) is 0.345. The smallest absolute Gasteiger partial charge is 0.259 e. The average Bonchev–Trinajstić information content (AvgIpc) is 3.31.